The van der Waals surface area contributed by atoms with E-state index < -0.39 is 0 Å². The topological polar surface area (TPSA) is 26.3 Å². The van der Waals surface area contributed by atoms with Crippen LogP contribution >= 0.6 is 15.9 Å². The van der Waals surface area contributed by atoms with Crippen molar-refractivity contribution in [3.05, 3.63) is 33.8 Å². The van der Waals surface area contributed by atoms with Crippen molar-refractivity contribution in [3.8, 4) is 0 Å². The van der Waals surface area contributed by atoms with Gasteiger partial charge in [-0.05, 0) is 34.8 Å². The minimum absolute atomic E-state index is 0.169. The van der Waals surface area contributed by atoms with Crippen LogP contribution in [0.15, 0.2) is 22.7 Å². The molecule has 0 radical (unpaired) electrons. The van der Waals surface area contributed by atoms with Crippen molar-refractivity contribution in [2.45, 2.75) is 19.8 Å². The monoisotopic (exact) mass is 270 g/mol. The van der Waals surface area contributed by atoms with Gasteiger partial charge in [-0.15, -0.1) is 0 Å². The van der Waals surface area contributed by atoms with E-state index in [1.165, 1.54) is 0 Å². The van der Waals surface area contributed by atoms with Crippen molar-refractivity contribution in [1.82, 2.24) is 0 Å². The van der Waals surface area contributed by atoms with Gasteiger partial charge in [0.05, 0.1) is 0 Å². The number of halogens is 1. The molecule has 0 aliphatic heterocycles. The van der Waals surface area contributed by atoms with Crippen molar-refractivity contribution in [3.63, 3.8) is 0 Å². The van der Waals surface area contributed by atoms with E-state index in [0.29, 0.717) is 13.0 Å². The number of Topliss-reactive ketones (excluding diaryl/α,β-unsaturated/α-hetero) is 1. The van der Waals surface area contributed by atoms with E-state index in [4.69, 9.17) is 4.74 Å². The molecule has 0 heterocycles. The van der Waals surface area contributed by atoms with E-state index >= 15 is 0 Å². The van der Waals surface area contributed by atoms with Gasteiger partial charge in [-0.2, -0.15) is 0 Å². The van der Waals surface area contributed by atoms with Crippen LogP contribution in [0.1, 0.15) is 28.8 Å². The molecular formula is C12H15BrO2. The molecular weight excluding hydrogens is 256 g/mol. The van der Waals surface area contributed by atoms with Crippen LogP contribution < -0.4 is 0 Å². The summed E-state index contributed by atoms with van der Waals surface area (Å²) < 4.78 is 5.83. The molecule has 15 heavy (non-hydrogen) atoms. The fourth-order valence-corrected chi connectivity index (χ4v) is 1.86. The van der Waals surface area contributed by atoms with Crippen LogP contribution in [0.5, 0.6) is 0 Å². The molecule has 1 aromatic carbocycles. The second-order valence-electron chi connectivity index (χ2n) is 3.46. The Hall–Kier alpha value is -0.670. The quantitative estimate of drug-likeness (QED) is 0.606. The maximum Gasteiger partial charge on any atom is 0.164 e. The highest BCUT2D eigenvalue weighted by molar-refractivity contribution is 9.10. The molecule has 0 fully saturated rings. The Morgan fingerprint density at radius 1 is 1.47 bits per heavy atom. The molecule has 0 N–H and O–H groups in total. The molecule has 0 aliphatic carbocycles. The molecule has 1 aromatic rings. The van der Waals surface area contributed by atoms with Gasteiger partial charge >= 0.3 is 0 Å². The molecule has 3 heteroatoms. The van der Waals surface area contributed by atoms with Gasteiger partial charge in [-0.1, -0.05) is 18.2 Å². The van der Waals surface area contributed by atoms with Crippen LogP contribution in [0.2, 0.25) is 0 Å². The van der Waals surface area contributed by atoms with Gasteiger partial charge in [0.25, 0.3) is 0 Å². The molecule has 0 unspecified atom stereocenters. The highest BCUT2D eigenvalue weighted by Crippen LogP contribution is 2.22. The van der Waals surface area contributed by atoms with E-state index in [2.05, 4.69) is 15.9 Å². The molecule has 0 amide bonds. The molecule has 2 nitrogen and oxygen atoms in total. The summed E-state index contributed by atoms with van der Waals surface area (Å²) in [6.45, 7) is 2.62. The van der Waals surface area contributed by atoms with E-state index in [1.54, 1.807) is 7.11 Å². The molecule has 1 rings (SSSR count). The number of hydrogen-bond donors (Lipinski definition) is 0. The Kier molecular flexibility index (Phi) is 4.99. The average Bonchev–Trinajstić information content (AvgIpc) is 2.22. The van der Waals surface area contributed by atoms with Gasteiger partial charge in [-0.3, -0.25) is 4.79 Å². The van der Waals surface area contributed by atoms with E-state index in [-0.39, 0.29) is 5.78 Å². The minimum atomic E-state index is 0.169. The Bertz CT molecular complexity index is 347. The smallest absolute Gasteiger partial charge is 0.164 e. The molecule has 0 aromatic heterocycles. The van der Waals surface area contributed by atoms with Gasteiger partial charge < -0.3 is 4.74 Å². The fraction of sp³-hybridized carbons (Fsp3) is 0.417. The number of methoxy groups -OCH3 is 1. The Morgan fingerprint density at radius 2 is 2.20 bits per heavy atom. The zero-order chi connectivity index (χ0) is 11.3. The fourth-order valence-electron chi connectivity index (χ4n) is 1.37. The highest BCUT2D eigenvalue weighted by Gasteiger charge is 2.10. The Balaban J connectivity index is 2.69. The number of hydrogen-bond acceptors (Lipinski definition) is 2. The van der Waals surface area contributed by atoms with Crippen LogP contribution in [0, 0.1) is 6.92 Å². The van der Waals surface area contributed by atoms with Gasteiger partial charge in [0.15, 0.2) is 5.78 Å². The lowest BCUT2D eigenvalue weighted by molar-refractivity contribution is 0.0962. The first-order valence-corrected chi connectivity index (χ1v) is 5.73. The van der Waals surface area contributed by atoms with E-state index in [9.17, 15) is 4.79 Å². The molecule has 0 saturated carbocycles. The molecule has 0 bridgehead atoms. The first-order valence-electron chi connectivity index (χ1n) is 4.94. The van der Waals surface area contributed by atoms with E-state index in [1.807, 2.05) is 25.1 Å². The van der Waals surface area contributed by atoms with Crippen molar-refractivity contribution in [2.75, 3.05) is 13.7 Å². The predicted octanol–water partition coefficient (Wildman–Crippen LogP) is 3.37. The first kappa shape index (κ1) is 12.4. The second-order valence-corrected chi connectivity index (χ2v) is 4.25. The summed E-state index contributed by atoms with van der Waals surface area (Å²) in [6.07, 6.45) is 1.31. The number of carbonyl (C=O) groups is 1. The van der Waals surface area contributed by atoms with Gasteiger partial charge in [-0.25, -0.2) is 0 Å². The van der Waals surface area contributed by atoms with Crippen LogP contribution in [-0.2, 0) is 4.74 Å². The zero-order valence-electron chi connectivity index (χ0n) is 9.05. The van der Waals surface area contributed by atoms with Crippen molar-refractivity contribution in [2.24, 2.45) is 0 Å². The number of ketones is 1. The van der Waals surface area contributed by atoms with Crippen LogP contribution in [0.25, 0.3) is 0 Å². The normalized spacial score (nSPS) is 10.3. The summed E-state index contributed by atoms with van der Waals surface area (Å²) in [7, 11) is 1.65. The third-order valence-electron chi connectivity index (χ3n) is 2.24. The van der Waals surface area contributed by atoms with Gasteiger partial charge in [0.1, 0.15) is 0 Å². The summed E-state index contributed by atoms with van der Waals surface area (Å²) in [5.41, 5.74) is 1.86. The van der Waals surface area contributed by atoms with Gasteiger partial charge in [0, 0.05) is 30.2 Å². The molecule has 0 atom stereocenters. The summed E-state index contributed by atoms with van der Waals surface area (Å²) in [6, 6.07) is 5.74. The lowest BCUT2D eigenvalue weighted by Gasteiger charge is -2.05. The molecule has 0 saturated heterocycles. The molecule has 82 valence electrons. The minimum Gasteiger partial charge on any atom is -0.385 e. The summed E-state index contributed by atoms with van der Waals surface area (Å²) >= 11 is 3.44. The van der Waals surface area contributed by atoms with Gasteiger partial charge in [0.2, 0.25) is 0 Å². The number of benzene rings is 1. The number of aryl methyl sites for hydroxylation is 1. The third-order valence-corrected chi connectivity index (χ3v) is 3.30. The van der Waals surface area contributed by atoms with Crippen molar-refractivity contribution in [1.29, 1.82) is 0 Å². The summed E-state index contributed by atoms with van der Waals surface area (Å²) in [4.78, 5) is 11.8. The lowest BCUT2D eigenvalue weighted by atomic mass is 10.0. The van der Waals surface area contributed by atoms with Crippen LogP contribution in [-0.4, -0.2) is 19.5 Å². The van der Waals surface area contributed by atoms with Crippen molar-refractivity contribution >= 4 is 21.7 Å². The third kappa shape index (κ3) is 3.43. The molecule has 0 spiro atoms. The van der Waals surface area contributed by atoms with Crippen molar-refractivity contribution < 1.29 is 9.53 Å². The Morgan fingerprint density at radius 3 is 2.87 bits per heavy atom. The number of rotatable bonds is 5. The first-order chi connectivity index (χ1) is 7.16. The maximum absolute atomic E-state index is 11.8. The molecule has 0 aliphatic rings. The number of ether oxygens (including phenoxy) is 1. The Labute approximate surface area is 98.8 Å². The summed E-state index contributed by atoms with van der Waals surface area (Å²) in [5.74, 6) is 0.169. The predicted molar refractivity (Wildman–Crippen MR) is 64.3 cm³/mol. The second kappa shape index (κ2) is 6.03. The number of carbonyl (C=O) groups excluding carboxylic acids is 1. The maximum atomic E-state index is 11.8. The highest BCUT2D eigenvalue weighted by atomic mass is 79.9. The lowest BCUT2D eigenvalue weighted by Crippen LogP contribution is -2.02. The van der Waals surface area contributed by atoms with Crippen LogP contribution in [0.4, 0.5) is 0 Å². The van der Waals surface area contributed by atoms with E-state index in [0.717, 1.165) is 22.0 Å². The average molecular weight is 271 g/mol. The largest absolute Gasteiger partial charge is 0.385 e. The summed E-state index contributed by atoms with van der Waals surface area (Å²) in [5, 5.41) is 0. The SMILES string of the molecule is COCCCC(=O)c1cccc(C)c1Br. The standard InChI is InChI=1S/C12H15BrO2/c1-9-5-3-6-10(12(9)13)11(14)7-4-8-15-2/h3,5-6H,4,7-8H2,1-2H3. The zero-order valence-corrected chi connectivity index (χ0v) is 10.6. The van der Waals surface area contributed by atoms with Crippen LogP contribution in [0.3, 0.4) is 0 Å².